The zero-order valence-electron chi connectivity index (χ0n) is 12.4. The Morgan fingerprint density at radius 2 is 2.10 bits per heavy atom. The van der Waals surface area contributed by atoms with Gasteiger partial charge in [-0.3, -0.25) is 4.79 Å². The van der Waals surface area contributed by atoms with Crippen LogP contribution in [-0.2, 0) is 4.79 Å². The lowest BCUT2D eigenvalue weighted by Crippen LogP contribution is -2.41. The first-order valence-electron chi connectivity index (χ1n) is 7.32. The highest BCUT2D eigenvalue weighted by atomic mass is 32.2. The molecule has 0 aromatic carbocycles. The molecule has 2 atom stereocenters. The van der Waals surface area contributed by atoms with E-state index in [-0.39, 0.29) is 18.4 Å². The van der Waals surface area contributed by atoms with Gasteiger partial charge in [-0.15, -0.1) is 0 Å². The van der Waals surface area contributed by atoms with E-state index in [1.807, 2.05) is 11.8 Å². The maximum Gasteiger partial charge on any atom is 0.314 e. The van der Waals surface area contributed by atoms with Crippen LogP contribution in [0.25, 0.3) is 0 Å². The molecule has 5 nitrogen and oxygen atoms in total. The average Bonchev–Trinajstić information content (AvgIpc) is 2.85. The van der Waals surface area contributed by atoms with Crippen LogP contribution >= 0.6 is 11.8 Å². The van der Waals surface area contributed by atoms with Crippen molar-refractivity contribution >= 4 is 23.8 Å². The molecule has 0 radical (unpaired) electrons. The van der Waals surface area contributed by atoms with Gasteiger partial charge in [0.05, 0.1) is 0 Å². The monoisotopic (exact) mass is 302 g/mol. The van der Waals surface area contributed by atoms with Crippen molar-refractivity contribution in [2.75, 3.05) is 18.8 Å². The van der Waals surface area contributed by atoms with E-state index in [1.54, 1.807) is 0 Å². The molecule has 3 N–H and O–H groups in total. The van der Waals surface area contributed by atoms with Gasteiger partial charge < -0.3 is 15.7 Å². The number of nitrogens with one attached hydrogen (secondary N) is 2. The fourth-order valence-corrected chi connectivity index (χ4v) is 3.67. The first-order chi connectivity index (χ1) is 9.47. The lowest BCUT2D eigenvalue weighted by atomic mass is 9.94. The third-order valence-corrected chi connectivity index (χ3v) is 4.73. The summed E-state index contributed by atoms with van der Waals surface area (Å²) in [5.74, 6) is 0.807. The predicted octanol–water partition coefficient (Wildman–Crippen LogP) is 2.32. The topological polar surface area (TPSA) is 78.4 Å². The number of rotatable bonds is 8. The summed E-state index contributed by atoms with van der Waals surface area (Å²) in [7, 11) is 0. The van der Waals surface area contributed by atoms with E-state index < -0.39 is 5.97 Å². The van der Waals surface area contributed by atoms with Crippen molar-refractivity contribution < 1.29 is 14.7 Å². The van der Waals surface area contributed by atoms with Crippen molar-refractivity contribution in [3.8, 4) is 0 Å². The zero-order chi connectivity index (χ0) is 15.0. The van der Waals surface area contributed by atoms with Gasteiger partial charge in [-0.1, -0.05) is 13.8 Å². The van der Waals surface area contributed by atoms with Crippen molar-refractivity contribution in [3.05, 3.63) is 0 Å². The fraction of sp³-hybridized carbons (Fsp3) is 0.857. The number of aliphatic carboxylic acids is 1. The molecule has 0 bridgehead atoms. The molecule has 6 heteroatoms. The maximum absolute atomic E-state index is 11.7. The summed E-state index contributed by atoms with van der Waals surface area (Å²) in [4.78, 5) is 22.5. The van der Waals surface area contributed by atoms with Crippen molar-refractivity contribution in [2.24, 2.45) is 11.8 Å². The number of hydrogen-bond donors (Lipinski definition) is 3. The highest BCUT2D eigenvalue weighted by Crippen LogP contribution is 2.25. The van der Waals surface area contributed by atoms with Gasteiger partial charge in [0, 0.05) is 24.8 Å². The highest BCUT2D eigenvalue weighted by Gasteiger charge is 2.18. The van der Waals surface area contributed by atoms with Gasteiger partial charge in [-0.2, -0.15) is 11.8 Å². The van der Waals surface area contributed by atoms with Gasteiger partial charge in [-0.05, 0) is 36.9 Å². The summed E-state index contributed by atoms with van der Waals surface area (Å²) in [5.41, 5.74) is 0. The molecular weight excluding hydrogens is 276 g/mol. The summed E-state index contributed by atoms with van der Waals surface area (Å²) in [6.45, 7) is 5.25. The second-order valence-electron chi connectivity index (χ2n) is 5.82. The molecule has 116 valence electrons. The summed E-state index contributed by atoms with van der Waals surface area (Å²) in [6, 6.07) is -0.184. The fourth-order valence-electron chi connectivity index (χ4n) is 2.46. The Morgan fingerprint density at radius 1 is 1.35 bits per heavy atom. The molecule has 1 aliphatic heterocycles. The van der Waals surface area contributed by atoms with Crippen LogP contribution in [0.3, 0.4) is 0 Å². The van der Waals surface area contributed by atoms with Crippen LogP contribution in [-0.4, -0.2) is 41.2 Å². The number of amides is 2. The van der Waals surface area contributed by atoms with E-state index in [0.29, 0.717) is 24.3 Å². The molecule has 1 fully saturated rings. The molecule has 0 aromatic rings. The van der Waals surface area contributed by atoms with Crippen molar-refractivity contribution in [2.45, 2.75) is 44.8 Å². The van der Waals surface area contributed by atoms with E-state index in [0.717, 1.165) is 6.42 Å². The van der Waals surface area contributed by atoms with Crippen LogP contribution in [0.2, 0.25) is 0 Å². The second kappa shape index (κ2) is 9.10. The van der Waals surface area contributed by atoms with Crippen LogP contribution in [0.5, 0.6) is 0 Å². The summed E-state index contributed by atoms with van der Waals surface area (Å²) < 4.78 is 0. The smallest absolute Gasteiger partial charge is 0.314 e. The number of carboxylic acids is 1. The van der Waals surface area contributed by atoms with Gasteiger partial charge in [0.15, 0.2) is 0 Å². The maximum atomic E-state index is 11.7. The Bertz CT molecular complexity index is 318. The quantitative estimate of drug-likeness (QED) is 0.643. The minimum atomic E-state index is -0.805. The summed E-state index contributed by atoms with van der Waals surface area (Å²) in [5, 5.41) is 15.1. The van der Waals surface area contributed by atoms with Crippen molar-refractivity contribution in [1.29, 1.82) is 0 Å². The van der Waals surface area contributed by atoms with Crippen LogP contribution in [0.4, 0.5) is 4.79 Å². The molecule has 0 aliphatic carbocycles. The third kappa shape index (κ3) is 7.62. The first-order valence-corrected chi connectivity index (χ1v) is 8.37. The molecular formula is C14H26N2O3S. The Hall–Kier alpha value is -0.910. The molecule has 0 aromatic heterocycles. The van der Waals surface area contributed by atoms with Gasteiger partial charge in [0.2, 0.25) is 0 Å². The van der Waals surface area contributed by atoms with Gasteiger partial charge in [-0.25, -0.2) is 4.79 Å². The molecule has 1 saturated heterocycles. The molecule has 0 saturated carbocycles. The van der Waals surface area contributed by atoms with E-state index >= 15 is 0 Å². The molecule has 1 aliphatic rings. The van der Waals surface area contributed by atoms with E-state index in [1.165, 1.54) is 18.6 Å². The number of carbonyl (C=O) groups is 2. The first kappa shape index (κ1) is 17.1. The van der Waals surface area contributed by atoms with E-state index in [9.17, 15) is 9.59 Å². The van der Waals surface area contributed by atoms with E-state index in [4.69, 9.17) is 5.11 Å². The number of carbonyl (C=O) groups excluding carboxylic acids is 1. The minimum Gasteiger partial charge on any atom is -0.481 e. The van der Waals surface area contributed by atoms with Gasteiger partial charge >= 0.3 is 12.0 Å². The normalized spacial score (nSPS) is 19.9. The Kier molecular flexibility index (Phi) is 7.80. The Balaban J connectivity index is 2.22. The van der Waals surface area contributed by atoms with Gasteiger partial charge in [0.25, 0.3) is 0 Å². The molecule has 20 heavy (non-hydrogen) atoms. The van der Waals surface area contributed by atoms with Crippen LogP contribution in [0.1, 0.15) is 39.5 Å². The Labute approximate surface area is 125 Å². The molecule has 1 heterocycles. The molecule has 2 amide bonds. The third-order valence-electron chi connectivity index (χ3n) is 3.33. The zero-order valence-corrected chi connectivity index (χ0v) is 13.2. The SMILES string of the molecule is CC(C)CC(CNC(=O)NCC1CCCS1)CC(=O)O. The van der Waals surface area contributed by atoms with Crippen LogP contribution < -0.4 is 10.6 Å². The number of thioether (sulfide) groups is 1. The predicted molar refractivity (Wildman–Crippen MR) is 82.1 cm³/mol. The number of hydrogen-bond acceptors (Lipinski definition) is 3. The average molecular weight is 302 g/mol. The van der Waals surface area contributed by atoms with Crippen molar-refractivity contribution in [1.82, 2.24) is 10.6 Å². The standard InChI is InChI=1S/C14H26N2O3S/c1-10(2)6-11(7-13(17)18)8-15-14(19)16-9-12-4-3-5-20-12/h10-12H,3-9H2,1-2H3,(H,17,18)(H2,15,16,19). The summed E-state index contributed by atoms with van der Waals surface area (Å²) >= 11 is 1.91. The van der Waals surface area contributed by atoms with E-state index in [2.05, 4.69) is 24.5 Å². The largest absolute Gasteiger partial charge is 0.481 e. The lowest BCUT2D eigenvalue weighted by molar-refractivity contribution is -0.138. The Morgan fingerprint density at radius 3 is 2.65 bits per heavy atom. The van der Waals surface area contributed by atoms with Gasteiger partial charge in [0.1, 0.15) is 0 Å². The lowest BCUT2D eigenvalue weighted by Gasteiger charge is -2.18. The van der Waals surface area contributed by atoms with Crippen molar-refractivity contribution in [3.63, 3.8) is 0 Å². The van der Waals surface area contributed by atoms with Crippen LogP contribution in [0.15, 0.2) is 0 Å². The summed E-state index contributed by atoms with van der Waals surface area (Å²) in [6.07, 6.45) is 3.32. The minimum absolute atomic E-state index is 0.000828. The highest BCUT2D eigenvalue weighted by molar-refractivity contribution is 8.00. The molecule has 2 unspecified atom stereocenters. The number of urea groups is 1. The molecule has 0 spiro atoms. The second-order valence-corrected chi connectivity index (χ2v) is 7.23. The molecule has 1 rings (SSSR count). The van der Waals surface area contributed by atoms with Crippen LogP contribution in [0, 0.1) is 11.8 Å². The number of carboxylic acid groups (broad SMARTS) is 1.